The minimum atomic E-state index is -0.271. The Morgan fingerprint density at radius 2 is 1.64 bits per heavy atom. The van der Waals surface area contributed by atoms with Crippen molar-refractivity contribution in [3.63, 3.8) is 0 Å². The Hall–Kier alpha value is -3.34. The van der Waals surface area contributed by atoms with Crippen LogP contribution in [0.1, 0.15) is 0 Å². The van der Waals surface area contributed by atoms with Gasteiger partial charge in [-0.05, 0) is 36.4 Å². The maximum absolute atomic E-state index is 13.3. The van der Waals surface area contributed by atoms with Crippen LogP contribution in [0, 0.1) is 5.82 Å². The highest BCUT2D eigenvalue weighted by Crippen LogP contribution is 2.40. The molecule has 0 spiro atoms. The smallest absolute Gasteiger partial charge is 0.222 e. The molecular weight excluding hydrogens is 315 g/mol. The average molecular weight is 330 g/mol. The monoisotopic (exact) mass is 330 g/mol. The lowest BCUT2D eigenvalue weighted by molar-refractivity contribution is 0.628. The van der Waals surface area contributed by atoms with Gasteiger partial charge in [-0.15, -0.1) is 0 Å². The predicted octanol–water partition coefficient (Wildman–Crippen LogP) is 4.49. The first-order valence-corrected chi connectivity index (χ1v) is 7.92. The Balaban J connectivity index is 2.01. The van der Waals surface area contributed by atoms with E-state index in [2.05, 4.69) is 15.3 Å². The lowest BCUT2D eigenvalue weighted by atomic mass is 10.0. The van der Waals surface area contributed by atoms with Crippen LogP contribution in [0.3, 0.4) is 0 Å². The van der Waals surface area contributed by atoms with Crippen molar-refractivity contribution in [1.29, 1.82) is 0 Å². The summed E-state index contributed by atoms with van der Waals surface area (Å²) in [6.07, 6.45) is 1.71. The number of aromatic nitrogens is 3. The standard InChI is InChI=1S/C20H15FN4/c1-22-20-23-12-11-17(25-20)18-15-5-3-2-4-6-16(15)24-19(18)13-7-9-14(21)10-8-13/h2-12H,1H3,(H,22,23,25). The van der Waals surface area contributed by atoms with E-state index in [1.165, 1.54) is 12.1 Å². The van der Waals surface area contributed by atoms with Crippen LogP contribution in [0.2, 0.25) is 0 Å². The molecule has 0 radical (unpaired) electrons. The van der Waals surface area contributed by atoms with E-state index in [4.69, 9.17) is 4.98 Å². The van der Waals surface area contributed by atoms with Gasteiger partial charge in [-0.1, -0.05) is 24.3 Å². The van der Waals surface area contributed by atoms with E-state index in [1.807, 2.05) is 36.4 Å². The summed E-state index contributed by atoms with van der Waals surface area (Å²) in [6, 6.07) is 18.1. The molecule has 5 heteroatoms. The molecule has 0 saturated heterocycles. The van der Waals surface area contributed by atoms with Gasteiger partial charge in [0.15, 0.2) is 0 Å². The molecule has 2 aromatic rings. The number of hydrogen-bond acceptors (Lipinski definition) is 4. The van der Waals surface area contributed by atoms with Gasteiger partial charge >= 0.3 is 0 Å². The minimum absolute atomic E-state index is 0.271. The molecule has 1 N–H and O–H groups in total. The lowest BCUT2D eigenvalue weighted by Gasteiger charge is -2.06. The first-order valence-electron chi connectivity index (χ1n) is 7.92. The highest BCUT2D eigenvalue weighted by atomic mass is 19.1. The molecule has 0 fully saturated rings. The number of benzene rings is 1. The Morgan fingerprint density at radius 1 is 0.840 bits per heavy atom. The molecule has 25 heavy (non-hydrogen) atoms. The fourth-order valence-corrected chi connectivity index (χ4v) is 2.84. The predicted molar refractivity (Wildman–Crippen MR) is 96.8 cm³/mol. The molecule has 0 bridgehead atoms. The van der Waals surface area contributed by atoms with E-state index in [1.54, 1.807) is 25.4 Å². The van der Waals surface area contributed by atoms with Gasteiger partial charge in [0.1, 0.15) is 5.82 Å². The zero-order valence-electron chi connectivity index (χ0n) is 13.6. The van der Waals surface area contributed by atoms with Gasteiger partial charge < -0.3 is 5.32 Å². The molecule has 0 unspecified atom stereocenters. The second-order valence-corrected chi connectivity index (χ2v) is 5.57. The number of fused-ring (bicyclic) bond motifs is 1. The van der Waals surface area contributed by atoms with Crippen molar-refractivity contribution in [2.45, 2.75) is 0 Å². The van der Waals surface area contributed by atoms with Gasteiger partial charge in [-0.2, -0.15) is 0 Å². The Morgan fingerprint density at radius 3 is 2.44 bits per heavy atom. The summed E-state index contributed by atoms with van der Waals surface area (Å²) in [5.74, 6) is 0.268. The largest absolute Gasteiger partial charge is 0.357 e. The van der Waals surface area contributed by atoms with Crippen LogP contribution in [0.25, 0.3) is 33.8 Å². The molecule has 1 aromatic carbocycles. The molecule has 0 saturated carbocycles. The fourth-order valence-electron chi connectivity index (χ4n) is 2.84. The van der Waals surface area contributed by atoms with Crippen LogP contribution in [-0.2, 0) is 0 Å². The lowest BCUT2D eigenvalue weighted by Crippen LogP contribution is -1.97. The van der Waals surface area contributed by atoms with E-state index in [0.29, 0.717) is 5.95 Å². The maximum atomic E-state index is 13.3. The Bertz CT molecular complexity index is 998. The normalized spacial score (nSPS) is 10.8. The summed E-state index contributed by atoms with van der Waals surface area (Å²) in [5, 5.41) is 2.96. The molecule has 1 aliphatic carbocycles. The zero-order valence-corrected chi connectivity index (χ0v) is 13.6. The highest BCUT2D eigenvalue weighted by molar-refractivity contribution is 5.93. The van der Waals surface area contributed by atoms with Crippen molar-refractivity contribution in [1.82, 2.24) is 15.0 Å². The third-order valence-corrected chi connectivity index (χ3v) is 4.01. The first kappa shape index (κ1) is 15.2. The maximum Gasteiger partial charge on any atom is 0.222 e. The third-order valence-electron chi connectivity index (χ3n) is 4.01. The summed E-state index contributed by atoms with van der Waals surface area (Å²) in [6.45, 7) is 0. The van der Waals surface area contributed by atoms with Crippen molar-refractivity contribution in [2.75, 3.05) is 12.4 Å². The Kier molecular flexibility index (Phi) is 3.82. The van der Waals surface area contributed by atoms with E-state index in [9.17, 15) is 4.39 Å². The topological polar surface area (TPSA) is 50.7 Å². The highest BCUT2D eigenvalue weighted by Gasteiger charge is 2.21. The Labute approximate surface area is 144 Å². The van der Waals surface area contributed by atoms with Crippen molar-refractivity contribution >= 4 is 5.95 Å². The zero-order chi connectivity index (χ0) is 17.2. The molecule has 122 valence electrons. The van der Waals surface area contributed by atoms with Gasteiger partial charge in [0, 0.05) is 29.9 Å². The van der Waals surface area contributed by atoms with Gasteiger partial charge in [0.2, 0.25) is 5.95 Å². The van der Waals surface area contributed by atoms with Crippen molar-refractivity contribution < 1.29 is 4.39 Å². The molecule has 1 aromatic heterocycles. The molecule has 2 aliphatic rings. The summed E-state index contributed by atoms with van der Waals surface area (Å²) in [4.78, 5) is 13.5. The molecule has 2 heterocycles. The van der Waals surface area contributed by atoms with Crippen molar-refractivity contribution in [3.05, 3.63) is 72.7 Å². The number of nitrogens with zero attached hydrogens (tertiary/aromatic N) is 3. The van der Waals surface area contributed by atoms with E-state index in [-0.39, 0.29) is 5.82 Å². The summed E-state index contributed by atoms with van der Waals surface area (Å²) < 4.78 is 13.3. The van der Waals surface area contributed by atoms with Crippen LogP contribution in [-0.4, -0.2) is 22.0 Å². The van der Waals surface area contributed by atoms with Crippen LogP contribution < -0.4 is 5.32 Å². The summed E-state index contributed by atoms with van der Waals surface area (Å²) in [5.41, 5.74) is 5.17. The average Bonchev–Trinajstić information content (AvgIpc) is 2.85. The third kappa shape index (κ3) is 2.80. The van der Waals surface area contributed by atoms with E-state index >= 15 is 0 Å². The fraction of sp³-hybridized carbons (Fsp3) is 0.0500. The van der Waals surface area contributed by atoms with Crippen LogP contribution >= 0.6 is 0 Å². The number of halogens is 1. The number of hydrogen-bond donors (Lipinski definition) is 1. The molecule has 1 aliphatic heterocycles. The SMILES string of the molecule is CNc1nccc(-c2c3cccccc-3nc2-c2ccc(F)cc2)n1. The van der Waals surface area contributed by atoms with Crippen LogP contribution in [0.5, 0.6) is 0 Å². The molecule has 4 rings (SSSR count). The molecule has 0 amide bonds. The quantitative estimate of drug-likeness (QED) is 0.601. The first-order chi connectivity index (χ1) is 12.3. The van der Waals surface area contributed by atoms with Crippen molar-refractivity contribution in [3.8, 4) is 33.8 Å². The number of nitrogens with one attached hydrogen (secondary N) is 1. The van der Waals surface area contributed by atoms with Gasteiger partial charge in [0.25, 0.3) is 0 Å². The second-order valence-electron chi connectivity index (χ2n) is 5.57. The number of anilines is 1. The van der Waals surface area contributed by atoms with Gasteiger partial charge in [-0.3, -0.25) is 0 Å². The minimum Gasteiger partial charge on any atom is -0.357 e. The van der Waals surface area contributed by atoms with E-state index in [0.717, 1.165) is 33.8 Å². The van der Waals surface area contributed by atoms with E-state index < -0.39 is 0 Å². The summed E-state index contributed by atoms with van der Waals surface area (Å²) >= 11 is 0. The summed E-state index contributed by atoms with van der Waals surface area (Å²) in [7, 11) is 1.78. The molecular formula is C20H15FN4. The second kappa shape index (κ2) is 6.28. The van der Waals surface area contributed by atoms with Gasteiger partial charge in [-0.25, -0.2) is 19.3 Å². The van der Waals surface area contributed by atoms with Crippen LogP contribution in [0.4, 0.5) is 10.3 Å². The van der Waals surface area contributed by atoms with Crippen LogP contribution in [0.15, 0.2) is 66.9 Å². The molecule has 0 atom stereocenters. The van der Waals surface area contributed by atoms with Gasteiger partial charge in [0.05, 0.1) is 17.1 Å². The van der Waals surface area contributed by atoms with Crippen molar-refractivity contribution in [2.24, 2.45) is 0 Å². The molecule has 4 nitrogen and oxygen atoms in total. The number of rotatable bonds is 3.